The number of hydrogen-bond donors (Lipinski definition) is 1. The van der Waals surface area contributed by atoms with E-state index in [0.29, 0.717) is 16.8 Å². The highest BCUT2D eigenvalue weighted by Crippen LogP contribution is 2.33. The van der Waals surface area contributed by atoms with Crippen molar-refractivity contribution < 1.29 is 14.0 Å². The maximum absolute atomic E-state index is 12.9. The highest BCUT2D eigenvalue weighted by molar-refractivity contribution is 6.17. The summed E-state index contributed by atoms with van der Waals surface area (Å²) in [4.78, 5) is 25.4. The van der Waals surface area contributed by atoms with Crippen molar-refractivity contribution in [2.45, 2.75) is 27.7 Å². The van der Waals surface area contributed by atoms with E-state index in [1.807, 2.05) is 58.0 Å². The average molecular weight is 335 g/mol. The third-order valence-corrected chi connectivity index (χ3v) is 4.04. The lowest BCUT2D eigenvalue weighted by atomic mass is 9.95. The van der Waals surface area contributed by atoms with Crippen LogP contribution in [0.4, 0.5) is 5.69 Å². The van der Waals surface area contributed by atoms with Crippen LogP contribution in [0.3, 0.4) is 0 Å². The fourth-order valence-electron chi connectivity index (χ4n) is 2.47. The minimum atomic E-state index is -0.581. The Hall–Kier alpha value is -2.88. The van der Waals surface area contributed by atoms with Crippen molar-refractivity contribution in [1.82, 2.24) is 0 Å². The van der Waals surface area contributed by atoms with Crippen LogP contribution in [-0.4, -0.2) is 11.7 Å². The molecule has 0 spiro atoms. The van der Waals surface area contributed by atoms with Crippen LogP contribution in [-0.2, 0) is 4.79 Å². The van der Waals surface area contributed by atoms with Gasteiger partial charge in [0.25, 0.3) is 0 Å². The summed E-state index contributed by atoms with van der Waals surface area (Å²) in [6.07, 6.45) is 0. The van der Waals surface area contributed by atoms with Gasteiger partial charge in [-0.3, -0.25) is 9.59 Å². The van der Waals surface area contributed by atoms with Crippen molar-refractivity contribution >= 4 is 28.3 Å². The topological polar surface area (TPSA) is 59.3 Å². The average Bonchev–Trinajstić information content (AvgIpc) is 2.93. The van der Waals surface area contributed by atoms with E-state index in [-0.39, 0.29) is 17.5 Å². The molecule has 3 rings (SSSR count). The number of fused-ring (bicyclic) bond motifs is 1. The molecule has 2 aromatic carbocycles. The normalized spacial score (nSPS) is 11.5. The van der Waals surface area contributed by atoms with Crippen LogP contribution in [0.25, 0.3) is 11.0 Å². The zero-order valence-corrected chi connectivity index (χ0v) is 14.8. The second kappa shape index (κ2) is 6.20. The molecule has 25 heavy (non-hydrogen) atoms. The summed E-state index contributed by atoms with van der Waals surface area (Å²) in [5.74, 6) is -0.264. The number of aryl methyl sites for hydroxylation is 1. The lowest BCUT2D eigenvalue weighted by Crippen LogP contribution is -2.28. The van der Waals surface area contributed by atoms with Crippen LogP contribution in [0.2, 0.25) is 0 Å². The molecule has 0 radical (unpaired) electrons. The van der Waals surface area contributed by atoms with Crippen LogP contribution in [0.15, 0.2) is 52.9 Å². The lowest BCUT2D eigenvalue weighted by molar-refractivity contribution is -0.123. The third-order valence-electron chi connectivity index (χ3n) is 4.04. The van der Waals surface area contributed by atoms with Crippen molar-refractivity contribution in [3.05, 3.63) is 65.4 Å². The number of ketones is 1. The van der Waals surface area contributed by atoms with Crippen molar-refractivity contribution in [2.24, 2.45) is 5.41 Å². The molecule has 0 saturated heterocycles. The standard InChI is InChI=1S/C21H21NO3/c1-13-9-11-14(12-10-13)18(23)19-17(22-20(24)21(2,3)4)15-7-5-6-8-16(15)25-19/h5-12H,1-4H3,(H,22,24). The van der Waals surface area contributed by atoms with Crippen LogP contribution < -0.4 is 5.32 Å². The Morgan fingerprint density at radius 1 is 0.960 bits per heavy atom. The van der Waals surface area contributed by atoms with E-state index in [2.05, 4.69) is 5.32 Å². The molecule has 1 N–H and O–H groups in total. The van der Waals surface area contributed by atoms with E-state index in [1.165, 1.54) is 0 Å². The molecule has 0 fully saturated rings. The summed E-state index contributed by atoms with van der Waals surface area (Å²) in [6, 6.07) is 14.6. The number of amides is 1. The van der Waals surface area contributed by atoms with Crippen molar-refractivity contribution in [1.29, 1.82) is 0 Å². The molecule has 0 aliphatic heterocycles. The molecule has 1 amide bonds. The minimum absolute atomic E-state index is 0.155. The summed E-state index contributed by atoms with van der Waals surface area (Å²) < 4.78 is 5.79. The van der Waals surface area contributed by atoms with E-state index in [9.17, 15) is 9.59 Å². The number of rotatable bonds is 3. The number of anilines is 1. The molecule has 4 nitrogen and oxygen atoms in total. The van der Waals surface area contributed by atoms with Gasteiger partial charge in [0.15, 0.2) is 5.76 Å². The monoisotopic (exact) mass is 335 g/mol. The van der Waals surface area contributed by atoms with E-state index in [4.69, 9.17) is 4.42 Å². The molecule has 0 aliphatic rings. The molecule has 0 bridgehead atoms. The number of furan rings is 1. The quantitative estimate of drug-likeness (QED) is 0.688. The first-order valence-electron chi connectivity index (χ1n) is 8.22. The summed E-state index contributed by atoms with van der Waals surface area (Å²) in [6.45, 7) is 7.44. The Bertz CT molecular complexity index is 943. The summed E-state index contributed by atoms with van der Waals surface area (Å²) >= 11 is 0. The Labute approximate surface area is 146 Å². The van der Waals surface area contributed by atoms with Crippen LogP contribution in [0.1, 0.15) is 42.5 Å². The molecule has 0 aliphatic carbocycles. The van der Waals surface area contributed by atoms with Gasteiger partial charge in [0.05, 0.1) is 5.69 Å². The molecule has 0 unspecified atom stereocenters. The number of carbonyl (C=O) groups is 2. The lowest BCUT2D eigenvalue weighted by Gasteiger charge is -2.17. The number of hydrogen-bond acceptors (Lipinski definition) is 3. The van der Waals surface area contributed by atoms with Crippen molar-refractivity contribution in [3.8, 4) is 0 Å². The first-order chi connectivity index (χ1) is 11.8. The van der Waals surface area contributed by atoms with Gasteiger partial charge in [0, 0.05) is 16.4 Å². The number of nitrogens with one attached hydrogen (secondary N) is 1. The molecular formula is C21H21NO3. The molecule has 0 atom stereocenters. The second-order valence-electron chi connectivity index (χ2n) is 7.20. The SMILES string of the molecule is Cc1ccc(C(=O)c2oc3ccccc3c2NC(=O)C(C)(C)C)cc1. The van der Waals surface area contributed by atoms with Crippen LogP contribution >= 0.6 is 0 Å². The van der Waals surface area contributed by atoms with Gasteiger partial charge in [-0.15, -0.1) is 0 Å². The largest absolute Gasteiger partial charge is 0.450 e. The van der Waals surface area contributed by atoms with E-state index in [1.54, 1.807) is 18.2 Å². The van der Waals surface area contributed by atoms with E-state index >= 15 is 0 Å². The fraction of sp³-hybridized carbons (Fsp3) is 0.238. The van der Waals surface area contributed by atoms with E-state index in [0.717, 1.165) is 10.9 Å². The number of benzene rings is 2. The first-order valence-corrected chi connectivity index (χ1v) is 8.22. The molecular weight excluding hydrogens is 314 g/mol. The Kier molecular flexibility index (Phi) is 4.21. The first kappa shape index (κ1) is 17.0. The third kappa shape index (κ3) is 3.33. The van der Waals surface area contributed by atoms with Gasteiger partial charge >= 0.3 is 0 Å². The van der Waals surface area contributed by atoms with Crippen LogP contribution in [0.5, 0.6) is 0 Å². The smallest absolute Gasteiger partial charge is 0.230 e. The van der Waals surface area contributed by atoms with Gasteiger partial charge in [-0.05, 0) is 19.1 Å². The zero-order valence-electron chi connectivity index (χ0n) is 14.8. The van der Waals surface area contributed by atoms with Gasteiger partial charge < -0.3 is 9.73 Å². The molecule has 0 saturated carbocycles. The van der Waals surface area contributed by atoms with Crippen molar-refractivity contribution in [3.63, 3.8) is 0 Å². The second-order valence-corrected chi connectivity index (χ2v) is 7.20. The zero-order chi connectivity index (χ0) is 18.2. The molecule has 128 valence electrons. The summed E-state index contributed by atoms with van der Waals surface area (Å²) in [7, 11) is 0. The predicted octanol–water partition coefficient (Wildman–Crippen LogP) is 4.96. The maximum Gasteiger partial charge on any atom is 0.230 e. The Morgan fingerprint density at radius 2 is 1.60 bits per heavy atom. The Balaban J connectivity index is 2.11. The van der Waals surface area contributed by atoms with Gasteiger partial charge in [-0.25, -0.2) is 0 Å². The summed E-state index contributed by atoms with van der Waals surface area (Å²) in [5.41, 5.74) is 2.02. The molecule has 1 aromatic heterocycles. The fourth-order valence-corrected chi connectivity index (χ4v) is 2.47. The highest BCUT2D eigenvalue weighted by atomic mass is 16.3. The maximum atomic E-state index is 12.9. The van der Waals surface area contributed by atoms with Gasteiger partial charge in [-0.1, -0.05) is 62.7 Å². The summed E-state index contributed by atoms with van der Waals surface area (Å²) in [5, 5.41) is 3.60. The van der Waals surface area contributed by atoms with Gasteiger partial charge in [-0.2, -0.15) is 0 Å². The highest BCUT2D eigenvalue weighted by Gasteiger charge is 2.27. The molecule has 3 aromatic rings. The predicted molar refractivity (Wildman–Crippen MR) is 98.9 cm³/mol. The molecule has 4 heteroatoms. The molecule has 1 heterocycles. The number of para-hydroxylation sites is 1. The minimum Gasteiger partial charge on any atom is -0.450 e. The number of carbonyl (C=O) groups excluding carboxylic acids is 2. The Morgan fingerprint density at radius 3 is 2.24 bits per heavy atom. The van der Waals surface area contributed by atoms with Gasteiger partial charge in [0.2, 0.25) is 11.7 Å². The van der Waals surface area contributed by atoms with Gasteiger partial charge in [0.1, 0.15) is 5.58 Å². The van der Waals surface area contributed by atoms with Crippen LogP contribution in [0, 0.1) is 12.3 Å². The van der Waals surface area contributed by atoms with Crippen molar-refractivity contribution in [2.75, 3.05) is 5.32 Å². The van der Waals surface area contributed by atoms with E-state index < -0.39 is 5.41 Å².